The fourth-order valence-corrected chi connectivity index (χ4v) is 2.90. The maximum atomic E-state index is 14.2. The number of hydrogen-bond donors (Lipinski definition) is 0. The second-order valence-corrected chi connectivity index (χ2v) is 5.56. The predicted octanol–water partition coefficient (Wildman–Crippen LogP) is 3.56. The Bertz CT molecular complexity index is 889. The minimum atomic E-state index is -0.426. The monoisotopic (exact) mass is 300 g/mol. The molecule has 0 fully saturated rings. The highest BCUT2D eigenvalue weighted by Crippen LogP contribution is 2.25. The molecule has 3 aromatic rings. The maximum Gasteiger partial charge on any atom is 0.265 e. The molecule has 5 heteroatoms. The van der Waals surface area contributed by atoms with Gasteiger partial charge in [0.15, 0.2) is 0 Å². The molecule has 3 nitrogen and oxygen atoms in total. The van der Waals surface area contributed by atoms with Gasteiger partial charge in [-0.05, 0) is 43.0 Å². The smallest absolute Gasteiger partial charge is 0.265 e. The molecule has 0 bridgehead atoms. The Morgan fingerprint density at radius 3 is 2.76 bits per heavy atom. The van der Waals surface area contributed by atoms with Gasteiger partial charge in [0.1, 0.15) is 12.1 Å². The van der Waals surface area contributed by atoms with Crippen LogP contribution in [0.3, 0.4) is 0 Å². The summed E-state index contributed by atoms with van der Waals surface area (Å²) in [5.41, 5.74) is 1.42. The van der Waals surface area contributed by atoms with Gasteiger partial charge in [0, 0.05) is 4.90 Å². The van der Waals surface area contributed by atoms with Crippen molar-refractivity contribution in [3.8, 4) is 5.69 Å². The van der Waals surface area contributed by atoms with Crippen molar-refractivity contribution < 1.29 is 4.39 Å². The first kappa shape index (κ1) is 13.8. The number of aryl methyl sites for hydroxylation is 1. The zero-order valence-corrected chi connectivity index (χ0v) is 12.4. The fraction of sp³-hybridized carbons (Fsp3) is 0.125. The van der Waals surface area contributed by atoms with E-state index in [1.165, 1.54) is 28.7 Å². The van der Waals surface area contributed by atoms with E-state index >= 15 is 0 Å². The normalized spacial score (nSPS) is 11.0. The molecule has 0 unspecified atom stereocenters. The van der Waals surface area contributed by atoms with Gasteiger partial charge in [-0.25, -0.2) is 9.37 Å². The number of thioether (sulfide) groups is 1. The van der Waals surface area contributed by atoms with E-state index < -0.39 is 5.82 Å². The van der Waals surface area contributed by atoms with Crippen LogP contribution >= 0.6 is 11.8 Å². The summed E-state index contributed by atoms with van der Waals surface area (Å²) in [4.78, 5) is 17.7. The predicted molar refractivity (Wildman–Crippen MR) is 83.8 cm³/mol. The highest BCUT2D eigenvalue weighted by Gasteiger charge is 2.12. The first-order valence-corrected chi connectivity index (χ1v) is 7.65. The molecule has 0 aliphatic carbocycles. The van der Waals surface area contributed by atoms with Gasteiger partial charge in [0.25, 0.3) is 5.56 Å². The van der Waals surface area contributed by atoms with Crippen molar-refractivity contribution in [3.05, 3.63) is 64.5 Å². The average Bonchev–Trinajstić information content (AvgIpc) is 2.49. The highest BCUT2D eigenvalue weighted by atomic mass is 32.2. The van der Waals surface area contributed by atoms with Crippen LogP contribution in [0, 0.1) is 12.7 Å². The van der Waals surface area contributed by atoms with Gasteiger partial charge in [-0.1, -0.05) is 12.1 Å². The summed E-state index contributed by atoms with van der Waals surface area (Å²) in [7, 11) is 0. The Morgan fingerprint density at radius 2 is 2.00 bits per heavy atom. The van der Waals surface area contributed by atoms with Crippen LogP contribution in [0.4, 0.5) is 4.39 Å². The Kier molecular flexibility index (Phi) is 3.51. The van der Waals surface area contributed by atoms with Crippen molar-refractivity contribution in [1.29, 1.82) is 0 Å². The van der Waals surface area contributed by atoms with Gasteiger partial charge in [-0.2, -0.15) is 0 Å². The Morgan fingerprint density at radius 1 is 1.24 bits per heavy atom. The van der Waals surface area contributed by atoms with Gasteiger partial charge in [-0.15, -0.1) is 11.8 Å². The molecule has 1 heterocycles. The second kappa shape index (κ2) is 5.33. The van der Waals surface area contributed by atoms with Crippen LogP contribution in [0.1, 0.15) is 5.56 Å². The van der Waals surface area contributed by atoms with Crippen LogP contribution in [0.5, 0.6) is 0 Å². The van der Waals surface area contributed by atoms with E-state index in [4.69, 9.17) is 0 Å². The third kappa shape index (κ3) is 2.34. The van der Waals surface area contributed by atoms with E-state index in [2.05, 4.69) is 4.98 Å². The Hall–Kier alpha value is -2.14. The summed E-state index contributed by atoms with van der Waals surface area (Å²) in [5.74, 6) is -0.426. The molecule has 0 saturated heterocycles. The molecule has 0 aliphatic rings. The van der Waals surface area contributed by atoms with Gasteiger partial charge < -0.3 is 0 Å². The molecule has 0 saturated carbocycles. The Balaban J connectivity index is 2.31. The highest BCUT2D eigenvalue weighted by molar-refractivity contribution is 7.98. The molecular weight excluding hydrogens is 287 g/mol. The van der Waals surface area contributed by atoms with E-state index in [9.17, 15) is 9.18 Å². The summed E-state index contributed by atoms with van der Waals surface area (Å²) in [6.45, 7) is 1.85. The molecule has 2 aromatic carbocycles. The van der Waals surface area contributed by atoms with Gasteiger partial charge in [0.05, 0.1) is 16.6 Å². The van der Waals surface area contributed by atoms with Crippen LogP contribution in [0.15, 0.2) is 52.4 Å². The van der Waals surface area contributed by atoms with Crippen molar-refractivity contribution in [2.75, 3.05) is 6.26 Å². The molecule has 0 aliphatic heterocycles. The van der Waals surface area contributed by atoms with E-state index in [1.54, 1.807) is 24.3 Å². The molecule has 0 radical (unpaired) electrons. The molecule has 21 heavy (non-hydrogen) atoms. The number of halogens is 1. The molecule has 0 atom stereocenters. The molecule has 0 amide bonds. The zero-order valence-electron chi connectivity index (χ0n) is 11.6. The maximum absolute atomic E-state index is 14.2. The van der Waals surface area contributed by atoms with Gasteiger partial charge >= 0.3 is 0 Å². The van der Waals surface area contributed by atoms with Crippen molar-refractivity contribution >= 4 is 22.7 Å². The van der Waals surface area contributed by atoms with E-state index in [-0.39, 0.29) is 11.2 Å². The van der Waals surface area contributed by atoms with E-state index in [1.807, 2.05) is 19.2 Å². The summed E-state index contributed by atoms with van der Waals surface area (Å²) < 4.78 is 15.5. The van der Waals surface area contributed by atoms with E-state index in [0.717, 1.165) is 10.5 Å². The number of rotatable bonds is 2. The lowest BCUT2D eigenvalue weighted by molar-refractivity contribution is 0.612. The zero-order chi connectivity index (χ0) is 15.0. The topological polar surface area (TPSA) is 34.9 Å². The summed E-state index contributed by atoms with van der Waals surface area (Å²) in [6.07, 6.45) is 3.30. The number of aromatic nitrogens is 2. The number of hydrogen-bond acceptors (Lipinski definition) is 3. The summed E-state index contributed by atoms with van der Waals surface area (Å²) in [6, 6.07) is 10.2. The molecule has 0 N–H and O–H groups in total. The molecular formula is C16H13FN2OS. The molecule has 0 spiro atoms. The van der Waals surface area contributed by atoms with Crippen molar-refractivity contribution in [2.24, 2.45) is 0 Å². The molecule has 1 aromatic heterocycles. The average molecular weight is 300 g/mol. The largest absolute Gasteiger partial charge is 0.268 e. The summed E-state index contributed by atoms with van der Waals surface area (Å²) in [5, 5.41) is 0.477. The van der Waals surface area contributed by atoms with Gasteiger partial charge in [-0.3, -0.25) is 9.36 Å². The van der Waals surface area contributed by atoms with Crippen LogP contribution in [-0.4, -0.2) is 15.8 Å². The van der Waals surface area contributed by atoms with Crippen molar-refractivity contribution in [3.63, 3.8) is 0 Å². The minimum Gasteiger partial charge on any atom is -0.268 e. The molecule has 106 valence electrons. The van der Waals surface area contributed by atoms with Crippen molar-refractivity contribution in [2.45, 2.75) is 11.8 Å². The number of fused-ring (bicyclic) bond motifs is 1. The Labute approximate surface area is 125 Å². The summed E-state index contributed by atoms with van der Waals surface area (Å²) >= 11 is 1.52. The third-order valence-electron chi connectivity index (χ3n) is 3.39. The van der Waals surface area contributed by atoms with Gasteiger partial charge in [0.2, 0.25) is 0 Å². The minimum absolute atomic E-state index is 0.230. The van der Waals surface area contributed by atoms with E-state index in [0.29, 0.717) is 10.9 Å². The fourth-order valence-electron chi connectivity index (χ4n) is 2.29. The number of para-hydroxylation sites is 1. The second-order valence-electron chi connectivity index (χ2n) is 4.71. The lowest BCUT2D eigenvalue weighted by Crippen LogP contribution is -2.20. The number of benzene rings is 2. The van der Waals surface area contributed by atoms with Crippen LogP contribution in [0.25, 0.3) is 16.6 Å². The number of nitrogens with zero attached hydrogens (tertiary/aromatic N) is 2. The standard InChI is InChI=1S/C16H13FN2OS/c1-10-7-12(17)14(8-15(10)21-2)19-9-18-13-6-4-3-5-11(13)16(19)20/h3-9H,1-2H3. The van der Waals surface area contributed by atoms with Crippen molar-refractivity contribution in [1.82, 2.24) is 9.55 Å². The molecule has 3 rings (SSSR count). The first-order chi connectivity index (χ1) is 10.1. The van der Waals surface area contributed by atoms with Crippen LogP contribution in [0.2, 0.25) is 0 Å². The third-order valence-corrected chi connectivity index (χ3v) is 4.27. The lowest BCUT2D eigenvalue weighted by atomic mass is 10.2. The first-order valence-electron chi connectivity index (χ1n) is 6.42. The van der Waals surface area contributed by atoms with Crippen LogP contribution < -0.4 is 5.56 Å². The van der Waals surface area contributed by atoms with Crippen LogP contribution in [-0.2, 0) is 0 Å². The SMILES string of the molecule is CSc1cc(-n2cnc3ccccc3c2=O)c(F)cc1C. The quantitative estimate of drug-likeness (QED) is 0.679. The lowest BCUT2D eigenvalue weighted by Gasteiger charge is -2.11.